The molecular weight excluding hydrogens is 294 g/mol. The highest BCUT2D eigenvalue weighted by Gasteiger charge is 2.24. The van der Waals surface area contributed by atoms with Crippen LogP contribution in [-0.4, -0.2) is 52.0 Å². The SMILES string of the molecule is O=C1CCN(CC(=O)Nc2ccc(C(=O)O)c(O)c2)C(=O)N1. The van der Waals surface area contributed by atoms with E-state index in [9.17, 15) is 24.3 Å². The molecule has 1 aromatic carbocycles. The van der Waals surface area contributed by atoms with Crippen LogP contribution in [0, 0.1) is 0 Å². The Morgan fingerprint density at radius 1 is 1.32 bits per heavy atom. The number of carbonyl (C=O) groups excluding carboxylic acids is 3. The molecule has 4 amide bonds. The van der Waals surface area contributed by atoms with E-state index in [0.717, 1.165) is 12.1 Å². The van der Waals surface area contributed by atoms with E-state index in [4.69, 9.17) is 5.11 Å². The zero-order valence-electron chi connectivity index (χ0n) is 11.3. The first kappa shape index (κ1) is 15.3. The Kier molecular flexibility index (Phi) is 4.25. The van der Waals surface area contributed by atoms with Gasteiger partial charge in [-0.25, -0.2) is 9.59 Å². The third-order valence-electron chi connectivity index (χ3n) is 2.99. The molecule has 116 valence electrons. The first-order valence-electron chi connectivity index (χ1n) is 6.31. The predicted molar refractivity (Wildman–Crippen MR) is 73.4 cm³/mol. The molecule has 1 heterocycles. The van der Waals surface area contributed by atoms with E-state index in [2.05, 4.69) is 10.6 Å². The summed E-state index contributed by atoms with van der Waals surface area (Å²) in [5.74, 6) is -2.69. The number of anilines is 1. The summed E-state index contributed by atoms with van der Waals surface area (Å²) in [6.45, 7) is -0.123. The number of imide groups is 1. The largest absolute Gasteiger partial charge is 0.507 e. The summed E-state index contributed by atoms with van der Waals surface area (Å²) >= 11 is 0. The van der Waals surface area contributed by atoms with Crippen LogP contribution in [0.4, 0.5) is 10.5 Å². The maximum atomic E-state index is 11.8. The van der Waals surface area contributed by atoms with E-state index in [-0.39, 0.29) is 30.8 Å². The molecule has 9 nitrogen and oxygen atoms in total. The minimum absolute atomic E-state index is 0.118. The minimum Gasteiger partial charge on any atom is -0.507 e. The van der Waals surface area contributed by atoms with Crippen LogP contribution < -0.4 is 10.6 Å². The van der Waals surface area contributed by atoms with Crippen LogP contribution in [0.3, 0.4) is 0 Å². The average Bonchev–Trinajstić information content (AvgIpc) is 2.41. The van der Waals surface area contributed by atoms with Gasteiger partial charge in [0, 0.05) is 24.7 Å². The first-order chi connectivity index (χ1) is 10.4. The van der Waals surface area contributed by atoms with Crippen LogP contribution >= 0.6 is 0 Å². The molecule has 4 N–H and O–H groups in total. The van der Waals surface area contributed by atoms with Gasteiger partial charge < -0.3 is 20.4 Å². The Balaban J connectivity index is 1.97. The molecule has 1 aromatic rings. The summed E-state index contributed by atoms with van der Waals surface area (Å²) < 4.78 is 0. The summed E-state index contributed by atoms with van der Waals surface area (Å²) in [7, 11) is 0. The molecule has 0 radical (unpaired) electrons. The highest BCUT2D eigenvalue weighted by molar-refractivity contribution is 6.00. The van der Waals surface area contributed by atoms with Crippen LogP contribution in [0.15, 0.2) is 18.2 Å². The van der Waals surface area contributed by atoms with Crippen molar-refractivity contribution in [2.45, 2.75) is 6.42 Å². The Bertz CT molecular complexity index is 657. The monoisotopic (exact) mass is 307 g/mol. The standard InChI is InChI=1S/C13H13N3O6/c17-9-5-7(1-2-8(9)12(20)21)14-11(19)6-16-4-3-10(18)15-13(16)22/h1-2,5,17H,3-4,6H2,(H,14,19)(H,20,21)(H,15,18,22). The number of aromatic hydroxyl groups is 1. The zero-order valence-corrected chi connectivity index (χ0v) is 11.3. The summed E-state index contributed by atoms with van der Waals surface area (Å²) in [6.07, 6.45) is 0.118. The van der Waals surface area contributed by atoms with Gasteiger partial charge in [0.2, 0.25) is 11.8 Å². The number of rotatable bonds is 4. The van der Waals surface area contributed by atoms with Gasteiger partial charge in [0.1, 0.15) is 17.9 Å². The van der Waals surface area contributed by atoms with Crippen molar-refractivity contribution in [3.05, 3.63) is 23.8 Å². The number of nitrogens with zero attached hydrogens (tertiary/aromatic N) is 1. The maximum absolute atomic E-state index is 11.8. The van der Waals surface area contributed by atoms with E-state index in [0.29, 0.717) is 0 Å². The van der Waals surface area contributed by atoms with Crippen molar-refractivity contribution in [2.24, 2.45) is 0 Å². The van der Waals surface area contributed by atoms with Crippen LogP contribution in [-0.2, 0) is 9.59 Å². The van der Waals surface area contributed by atoms with Gasteiger partial charge in [-0.05, 0) is 12.1 Å². The number of benzene rings is 1. The smallest absolute Gasteiger partial charge is 0.339 e. The quantitative estimate of drug-likeness (QED) is 0.616. The lowest BCUT2D eigenvalue weighted by atomic mass is 10.2. The Hall–Kier alpha value is -3.10. The van der Waals surface area contributed by atoms with Gasteiger partial charge in [0.25, 0.3) is 0 Å². The third-order valence-corrected chi connectivity index (χ3v) is 2.99. The molecule has 9 heteroatoms. The first-order valence-corrected chi connectivity index (χ1v) is 6.31. The van der Waals surface area contributed by atoms with Gasteiger partial charge in [-0.1, -0.05) is 0 Å². The second-order valence-corrected chi connectivity index (χ2v) is 4.61. The van der Waals surface area contributed by atoms with Crippen molar-refractivity contribution in [1.82, 2.24) is 10.2 Å². The topological polar surface area (TPSA) is 136 Å². The van der Waals surface area contributed by atoms with Gasteiger partial charge in [-0.15, -0.1) is 0 Å². The lowest BCUT2D eigenvalue weighted by Crippen LogP contribution is -2.51. The molecule has 0 atom stereocenters. The fourth-order valence-electron chi connectivity index (χ4n) is 1.91. The van der Waals surface area contributed by atoms with E-state index in [1.54, 1.807) is 0 Å². The Morgan fingerprint density at radius 2 is 2.05 bits per heavy atom. The number of carboxylic acids is 1. The second kappa shape index (κ2) is 6.12. The van der Waals surface area contributed by atoms with E-state index >= 15 is 0 Å². The second-order valence-electron chi connectivity index (χ2n) is 4.61. The molecule has 0 spiro atoms. The highest BCUT2D eigenvalue weighted by Crippen LogP contribution is 2.21. The number of aromatic carboxylic acids is 1. The predicted octanol–water partition coefficient (Wildman–Crippen LogP) is -0.0292. The number of amides is 4. The van der Waals surface area contributed by atoms with Crippen LogP contribution in [0.5, 0.6) is 5.75 Å². The van der Waals surface area contributed by atoms with Gasteiger partial charge >= 0.3 is 12.0 Å². The normalized spacial score (nSPS) is 14.5. The molecule has 0 saturated carbocycles. The number of carboxylic acid groups (broad SMARTS) is 1. The van der Waals surface area contributed by atoms with Crippen LogP contribution in [0.25, 0.3) is 0 Å². The number of hydrogen-bond acceptors (Lipinski definition) is 5. The minimum atomic E-state index is -1.29. The summed E-state index contributed by atoms with van der Waals surface area (Å²) in [5, 5.41) is 22.8. The summed E-state index contributed by atoms with van der Waals surface area (Å²) in [6, 6.07) is 2.93. The molecule has 1 fully saturated rings. The van der Waals surface area contributed by atoms with Gasteiger partial charge in [-0.2, -0.15) is 0 Å². The molecule has 1 aliphatic rings. The average molecular weight is 307 g/mol. The number of urea groups is 1. The van der Waals surface area contributed by atoms with Crippen molar-refractivity contribution < 1.29 is 29.4 Å². The molecule has 0 aliphatic carbocycles. The van der Waals surface area contributed by atoms with Crippen molar-refractivity contribution >= 4 is 29.5 Å². The molecule has 1 aliphatic heterocycles. The molecule has 2 rings (SSSR count). The van der Waals surface area contributed by atoms with Crippen molar-refractivity contribution in [2.75, 3.05) is 18.4 Å². The molecular formula is C13H13N3O6. The van der Waals surface area contributed by atoms with Crippen molar-refractivity contribution in [3.8, 4) is 5.75 Å². The number of phenols is 1. The lowest BCUT2D eigenvalue weighted by Gasteiger charge is -2.25. The van der Waals surface area contributed by atoms with Crippen LogP contribution in [0.2, 0.25) is 0 Å². The highest BCUT2D eigenvalue weighted by atomic mass is 16.4. The fraction of sp³-hybridized carbons (Fsp3) is 0.231. The van der Waals surface area contributed by atoms with Gasteiger partial charge in [-0.3, -0.25) is 14.9 Å². The van der Waals surface area contributed by atoms with Gasteiger partial charge in [0.15, 0.2) is 0 Å². The molecule has 22 heavy (non-hydrogen) atoms. The Labute approximate surface area is 124 Å². The number of hydrogen-bond donors (Lipinski definition) is 4. The summed E-state index contributed by atoms with van der Waals surface area (Å²) in [4.78, 5) is 46.2. The molecule has 1 saturated heterocycles. The van der Waals surface area contributed by atoms with Crippen LogP contribution in [0.1, 0.15) is 16.8 Å². The van der Waals surface area contributed by atoms with Crippen molar-refractivity contribution in [3.63, 3.8) is 0 Å². The lowest BCUT2D eigenvalue weighted by molar-refractivity contribution is -0.123. The van der Waals surface area contributed by atoms with Gasteiger partial charge in [0.05, 0.1) is 0 Å². The number of carbonyl (C=O) groups is 4. The maximum Gasteiger partial charge on any atom is 0.339 e. The summed E-state index contributed by atoms with van der Waals surface area (Å²) in [5.41, 5.74) is -0.0899. The molecule has 0 unspecified atom stereocenters. The zero-order chi connectivity index (χ0) is 16.3. The third kappa shape index (κ3) is 3.51. The van der Waals surface area contributed by atoms with Crippen molar-refractivity contribution in [1.29, 1.82) is 0 Å². The fourth-order valence-corrected chi connectivity index (χ4v) is 1.91. The van der Waals surface area contributed by atoms with E-state index in [1.807, 2.05) is 0 Å². The Morgan fingerprint density at radius 3 is 2.64 bits per heavy atom. The van der Waals surface area contributed by atoms with E-state index in [1.165, 1.54) is 11.0 Å². The number of nitrogens with one attached hydrogen (secondary N) is 2. The molecule has 0 aromatic heterocycles. The van der Waals surface area contributed by atoms with E-state index < -0.39 is 29.6 Å². The molecule has 0 bridgehead atoms.